The molecule has 0 aromatic heterocycles. The van der Waals surface area contributed by atoms with Crippen molar-refractivity contribution in [3.05, 3.63) is 101 Å². The fraction of sp³-hybridized carbons (Fsp3) is 0.0769. The third kappa shape index (κ3) is 4.73. The van der Waals surface area contributed by atoms with E-state index in [0.29, 0.717) is 20.8 Å². The number of benzene rings is 3. The lowest BCUT2D eigenvalue weighted by molar-refractivity contribution is -0.134. The van der Waals surface area contributed by atoms with Crippen LogP contribution >= 0.6 is 23.5 Å². The van der Waals surface area contributed by atoms with Crippen molar-refractivity contribution in [1.29, 1.82) is 0 Å². The Labute approximate surface area is 211 Å². The van der Waals surface area contributed by atoms with Crippen LogP contribution in [0.3, 0.4) is 0 Å². The van der Waals surface area contributed by atoms with Gasteiger partial charge in [-0.25, -0.2) is 14.8 Å². The summed E-state index contributed by atoms with van der Waals surface area (Å²) in [6.07, 6.45) is 0. The first kappa shape index (κ1) is 22.9. The molecule has 0 saturated carbocycles. The highest BCUT2D eigenvalue weighted by molar-refractivity contribution is 8.22. The number of hydrazone groups is 1. The molecule has 1 fully saturated rings. The van der Waals surface area contributed by atoms with E-state index < -0.39 is 5.97 Å². The average molecular weight is 501 g/mol. The molecule has 174 valence electrons. The Hall–Kier alpha value is -3.82. The van der Waals surface area contributed by atoms with Gasteiger partial charge >= 0.3 is 5.97 Å². The van der Waals surface area contributed by atoms with Gasteiger partial charge in [-0.3, -0.25) is 9.69 Å². The molecule has 2 heterocycles. The third-order valence-electron chi connectivity index (χ3n) is 5.00. The van der Waals surface area contributed by atoms with Crippen LogP contribution in [0.25, 0.3) is 0 Å². The molecule has 1 amide bonds. The first-order valence-corrected chi connectivity index (χ1v) is 12.5. The fourth-order valence-corrected chi connectivity index (χ4v) is 5.52. The van der Waals surface area contributed by atoms with Crippen molar-refractivity contribution in [2.45, 2.75) is 6.92 Å². The van der Waals surface area contributed by atoms with Gasteiger partial charge in [0, 0.05) is 0 Å². The monoisotopic (exact) mass is 500 g/mol. The second-order valence-electron chi connectivity index (χ2n) is 7.32. The van der Waals surface area contributed by atoms with Gasteiger partial charge in [-0.15, -0.1) is 0 Å². The summed E-state index contributed by atoms with van der Waals surface area (Å²) >= 11 is 2.38. The molecule has 35 heavy (non-hydrogen) atoms. The quantitative estimate of drug-likeness (QED) is 0.328. The van der Waals surface area contributed by atoms with Crippen molar-refractivity contribution in [3.63, 3.8) is 0 Å². The summed E-state index contributed by atoms with van der Waals surface area (Å²) in [6.45, 7) is 1.98. The van der Waals surface area contributed by atoms with Crippen molar-refractivity contribution >= 4 is 62.7 Å². The SMILES string of the molecule is CCOC(=O)C1=NN(c2ccccc2)/C(=C2/SC(=Nc3ccccc3)N(c3ccccc3)C2=O)S1. The summed E-state index contributed by atoms with van der Waals surface area (Å²) in [4.78, 5) is 33.1. The van der Waals surface area contributed by atoms with Crippen molar-refractivity contribution in [2.24, 2.45) is 10.1 Å². The molecule has 2 aliphatic heterocycles. The van der Waals surface area contributed by atoms with E-state index in [1.54, 1.807) is 16.8 Å². The normalized spacial score (nSPS) is 18.8. The van der Waals surface area contributed by atoms with Crippen LogP contribution < -0.4 is 9.91 Å². The number of rotatable bonds is 5. The lowest BCUT2D eigenvalue weighted by Gasteiger charge is -2.17. The van der Waals surface area contributed by atoms with Gasteiger partial charge in [0.25, 0.3) is 5.91 Å². The number of thioether (sulfide) groups is 2. The van der Waals surface area contributed by atoms with Crippen LogP contribution in [0.1, 0.15) is 6.92 Å². The van der Waals surface area contributed by atoms with E-state index >= 15 is 0 Å². The van der Waals surface area contributed by atoms with Gasteiger partial charge in [0.05, 0.1) is 23.7 Å². The summed E-state index contributed by atoms with van der Waals surface area (Å²) in [5.74, 6) is -0.762. The lowest BCUT2D eigenvalue weighted by Crippen LogP contribution is -2.29. The molecule has 2 aliphatic rings. The minimum Gasteiger partial charge on any atom is -0.461 e. The van der Waals surface area contributed by atoms with Gasteiger partial charge in [-0.2, -0.15) is 5.10 Å². The number of anilines is 2. The molecule has 0 bridgehead atoms. The number of esters is 1. The zero-order valence-electron chi connectivity index (χ0n) is 18.7. The second kappa shape index (κ2) is 10.2. The largest absolute Gasteiger partial charge is 0.461 e. The second-order valence-corrected chi connectivity index (χ2v) is 9.27. The summed E-state index contributed by atoms with van der Waals surface area (Å²) in [6, 6.07) is 28.3. The minimum atomic E-state index is -0.525. The number of carbonyl (C=O) groups is 2. The number of carbonyl (C=O) groups excluding carboxylic acids is 2. The average Bonchev–Trinajstić information content (AvgIpc) is 3.47. The molecule has 9 heteroatoms. The van der Waals surface area contributed by atoms with E-state index in [1.165, 1.54) is 11.8 Å². The predicted molar refractivity (Wildman–Crippen MR) is 143 cm³/mol. The van der Waals surface area contributed by atoms with Gasteiger partial charge in [0.2, 0.25) is 5.04 Å². The number of hydrogen-bond acceptors (Lipinski definition) is 8. The van der Waals surface area contributed by atoms with Crippen molar-refractivity contribution in [1.82, 2.24) is 0 Å². The third-order valence-corrected chi connectivity index (χ3v) is 7.17. The van der Waals surface area contributed by atoms with Gasteiger partial charge < -0.3 is 4.74 Å². The van der Waals surface area contributed by atoms with E-state index in [9.17, 15) is 9.59 Å². The molecule has 3 aromatic carbocycles. The molecule has 0 unspecified atom stereocenters. The lowest BCUT2D eigenvalue weighted by atomic mass is 10.3. The van der Waals surface area contributed by atoms with Crippen LogP contribution in [-0.2, 0) is 14.3 Å². The molecule has 0 atom stereocenters. The van der Waals surface area contributed by atoms with Crippen LogP contribution in [0.4, 0.5) is 17.1 Å². The molecular weight excluding hydrogens is 480 g/mol. The Morgan fingerprint density at radius 1 is 0.886 bits per heavy atom. The van der Waals surface area contributed by atoms with Gasteiger partial charge in [-0.1, -0.05) is 54.6 Å². The predicted octanol–water partition coefficient (Wildman–Crippen LogP) is 5.75. The molecule has 7 nitrogen and oxygen atoms in total. The minimum absolute atomic E-state index is 0.173. The Balaban J connectivity index is 1.62. The van der Waals surface area contributed by atoms with Crippen LogP contribution in [0.2, 0.25) is 0 Å². The number of amidine groups is 1. The number of para-hydroxylation sites is 3. The number of nitrogens with zero attached hydrogens (tertiary/aromatic N) is 4. The summed E-state index contributed by atoms with van der Waals surface area (Å²) in [7, 11) is 0. The molecule has 0 radical (unpaired) electrons. The van der Waals surface area contributed by atoms with E-state index in [2.05, 4.69) is 5.10 Å². The van der Waals surface area contributed by atoms with Crippen LogP contribution in [0.15, 0.2) is 111 Å². The van der Waals surface area contributed by atoms with Crippen molar-refractivity contribution in [2.75, 3.05) is 16.5 Å². The molecule has 0 aliphatic carbocycles. The molecule has 0 spiro atoms. The Morgan fingerprint density at radius 3 is 2.11 bits per heavy atom. The van der Waals surface area contributed by atoms with Gasteiger partial charge in [0.1, 0.15) is 9.93 Å². The summed E-state index contributed by atoms with van der Waals surface area (Å²) < 4.78 is 5.17. The number of amides is 1. The smallest absolute Gasteiger partial charge is 0.365 e. The highest BCUT2D eigenvalue weighted by Crippen LogP contribution is 2.45. The fourth-order valence-electron chi connectivity index (χ4n) is 3.45. The molecule has 1 saturated heterocycles. The van der Waals surface area contributed by atoms with Gasteiger partial charge in [0.15, 0.2) is 5.17 Å². The standard InChI is InChI=1S/C26H20N4O3S2/c1-2-33-25(32)22-28-30(20-16-10-5-11-17-20)24(35-22)21-23(31)29(19-14-8-4-9-15-19)26(34-21)27-18-12-6-3-7-13-18/h3-17H,2H2,1H3/b24-21-,27-26?. The maximum Gasteiger partial charge on any atom is 0.365 e. The van der Waals surface area contributed by atoms with Gasteiger partial charge in [-0.05, 0) is 66.8 Å². The van der Waals surface area contributed by atoms with Crippen LogP contribution in [0, 0.1) is 0 Å². The highest BCUT2D eigenvalue weighted by Gasteiger charge is 2.41. The first-order chi connectivity index (χ1) is 17.2. The summed E-state index contributed by atoms with van der Waals surface area (Å²) in [5.41, 5.74) is 2.17. The summed E-state index contributed by atoms with van der Waals surface area (Å²) in [5, 5.41) is 7.35. The Kier molecular flexibility index (Phi) is 6.69. The molecular formula is C26H20N4O3S2. The number of ether oxygens (including phenoxy) is 1. The Morgan fingerprint density at radius 2 is 1.49 bits per heavy atom. The topological polar surface area (TPSA) is 74.6 Å². The van der Waals surface area contributed by atoms with Crippen molar-refractivity contribution < 1.29 is 14.3 Å². The molecule has 5 rings (SSSR count). The van der Waals surface area contributed by atoms with E-state index in [-0.39, 0.29) is 17.6 Å². The maximum atomic E-state index is 13.8. The first-order valence-electron chi connectivity index (χ1n) is 10.9. The number of aliphatic imine (C=N–C) groups is 1. The van der Waals surface area contributed by atoms with E-state index in [1.807, 2.05) is 91.0 Å². The molecule has 0 N–H and O–H groups in total. The van der Waals surface area contributed by atoms with Crippen LogP contribution in [0.5, 0.6) is 0 Å². The van der Waals surface area contributed by atoms with E-state index in [4.69, 9.17) is 9.73 Å². The van der Waals surface area contributed by atoms with E-state index in [0.717, 1.165) is 23.1 Å². The Bertz CT molecular complexity index is 1340. The molecule has 3 aromatic rings. The maximum absolute atomic E-state index is 13.8. The zero-order chi connectivity index (χ0) is 24.2. The van der Waals surface area contributed by atoms with Crippen molar-refractivity contribution in [3.8, 4) is 0 Å². The number of hydrogen-bond donors (Lipinski definition) is 0. The highest BCUT2D eigenvalue weighted by atomic mass is 32.2. The van der Waals surface area contributed by atoms with Crippen LogP contribution in [-0.4, -0.2) is 28.7 Å². The zero-order valence-corrected chi connectivity index (χ0v) is 20.3.